The van der Waals surface area contributed by atoms with Crippen LogP contribution in [0.3, 0.4) is 0 Å². The molecule has 0 aliphatic heterocycles. The molecule has 0 saturated heterocycles. The van der Waals surface area contributed by atoms with E-state index in [1.54, 1.807) is 6.92 Å². The summed E-state index contributed by atoms with van der Waals surface area (Å²) in [7, 11) is 0. The number of benzene rings is 1. The Morgan fingerprint density at radius 3 is 2.81 bits per heavy atom. The second-order valence-corrected chi connectivity index (χ2v) is 3.99. The van der Waals surface area contributed by atoms with Crippen LogP contribution >= 0.6 is 0 Å². The van der Waals surface area contributed by atoms with Gasteiger partial charge in [-0.2, -0.15) is 0 Å². The van der Waals surface area contributed by atoms with E-state index in [9.17, 15) is 4.79 Å². The molecule has 1 rings (SSSR count). The van der Waals surface area contributed by atoms with Crippen molar-refractivity contribution in [2.75, 3.05) is 6.61 Å². The van der Waals surface area contributed by atoms with Crippen molar-refractivity contribution >= 4 is 5.78 Å². The Kier molecular flexibility index (Phi) is 5.62. The first kappa shape index (κ1) is 12.8. The minimum Gasteiger partial charge on any atom is -0.494 e. The van der Waals surface area contributed by atoms with Gasteiger partial charge in [0.1, 0.15) is 11.5 Å². The number of aryl methyl sites for hydroxylation is 1. The molecule has 0 aromatic heterocycles. The summed E-state index contributed by atoms with van der Waals surface area (Å²) in [6, 6.07) is 8.18. The first-order valence-electron chi connectivity index (χ1n) is 5.93. The number of rotatable bonds is 7. The Hall–Kier alpha value is -1.31. The molecular weight excluding hydrogens is 200 g/mol. The van der Waals surface area contributed by atoms with Gasteiger partial charge in [-0.3, -0.25) is 0 Å². The van der Waals surface area contributed by atoms with Crippen LogP contribution in [0.15, 0.2) is 24.3 Å². The van der Waals surface area contributed by atoms with Crippen molar-refractivity contribution in [3.05, 3.63) is 29.8 Å². The van der Waals surface area contributed by atoms with E-state index in [2.05, 4.69) is 12.1 Å². The molecule has 1 aromatic carbocycles. The lowest BCUT2D eigenvalue weighted by molar-refractivity contribution is -0.117. The quantitative estimate of drug-likeness (QED) is 0.658. The lowest BCUT2D eigenvalue weighted by Gasteiger charge is -2.05. The van der Waals surface area contributed by atoms with Gasteiger partial charge < -0.3 is 9.53 Å². The molecule has 0 radical (unpaired) electrons. The highest BCUT2D eigenvalue weighted by Gasteiger charge is 1.98. The highest BCUT2D eigenvalue weighted by Crippen LogP contribution is 2.15. The van der Waals surface area contributed by atoms with Crippen molar-refractivity contribution in [3.8, 4) is 5.75 Å². The third kappa shape index (κ3) is 4.96. The van der Waals surface area contributed by atoms with Crippen LogP contribution in [-0.4, -0.2) is 12.4 Å². The Bertz CT molecular complexity index is 331. The smallest absolute Gasteiger partial charge is 0.129 e. The fourth-order valence-corrected chi connectivity index (χ4v) is 1.66. The largest absolute Gasteiger partial charge is 0.494 e. The number of unbranched alkanes of at least 4 members (excludes halogenated alkanes) is 1. The zero-order valence-corrected chi connectivity index (χ0v) is 10.2. The van der Waals surface area contributed by atoms with Gasteiger partial charge in [0.25, 0.3) is 0 Å². The predicted octanol–water partition coefficient (Wildman–Crippen LogP) is 3.39. The van der Waals surface area contributed by atoms with Gasteiger partial charge in [0, 0.05) is 6.42 Å². The number of hydrogen-bond donors (Lipinski definition) is 0. The molecule has 0 aliphatic rings. The van der Waals surface area contributed by atoms with E-state index in [4.69, 9.17) is 4.74 Å². The van der Waals surface area contributed by atoms with Crippen LogP contribution in [0.2, 0.25) is 0 Å². The molecule has 0 unspecified atom stereocenters. The molecule has 0 amide bonds. The maximum atomic E-state index is 10.8. The summed E-state index contributed by atoms with van der Waals surface area (Å²) in [6.07, 6.45) is 3.77. The van der Waals surface area contributed by atoms with E-state index in [0.29, 0.717) is 13.0 Å². The highest BCUT2D eigenvalue weighted by atomic mass is 16.5. The van der Waals surface area contributed by atoms with Crippen LogP contribution in [0.25, 0.3) is 0 Å². The van der Waals surface area contributed by atoms with Gasteiger partial charge in [-0.25, -0.2) is 0 Å². The summed E-state index contributed by atoms with van der Waals surface area (Å²) in [5.74, 6) is 1.22. The first-order chi connectivity index (χ1) is 7.72. The van der Waals surface area contributed by atoms with Crippen LogP contribution in [0.4, 0.5) is 0 Å². The molecule has 0 heterocycles. The van der Waals surface area contributed by atoms with Crippen molar-refractivity contribution in [2.24, 2.45) is 0 Å². The summed E-state index contributed by atoms with van der Waals surface area (Å²) in [5, 5.41) is 0. The molecular formula is C14H20O2. The molecule has 0 fully saturated rings. The predicted molar refractivity (Wildman–Crippen MR) is 65.8 cm³/mol. The number of ketones is 1. The van der Waals surface area contributed by atoms with E-state index < -0.39 is 0 Å². The zero-order valence-electron chi connectivity index (χ0n) is 10.2. The van der Waals surface area contributed by atoms with Gasteiger partial charge in [-0.05, 0) is 50.8 Å². The zero-order chi connectivity index (χ0) is 11.8. The molecule has 88 valence electrons. The van der Waals surface area contributed by atoms with Crippen LogP contribution in [0.5, 0.6) is 5.75 Å². The van der Waals surface area contributed by atoms with Crippen molar-refractivity contribution < 1.29 is 9.53 Å². The monoisotopic (exact) mass is 220 g/mol. The molecule has 0 bridgehead atoms. The lowest BCUT2D eigenvalue weighted by Crippen LogP contribution is -1.94. The molecule has 0 N–H and O–H groups in total. The third-order valence-corrected chi connectivity index (χ3v) is 2.45. The standard InChI is InChI=1S/C14H20O2/c1-3-16-14-10-6-9-13(11-14)8-5-4-7-12(2)15/h6,9-11H,3-5,7-8H2,1-2H3. The van der Waals surface area contributed by atoms with E-state index in [1.165, 1.54) is 5.56 Å². The second-order valence-electron chi connectivity index (χ2n) is 3.99. The van der Waals surface area contributed by atoms with Crippen molar-refractivity contribution in [1.29, 1.82) is 0 Å². The summed E-state index contributed by atoms with van der Waals surface area (Å²) in [6.45, 7) is 4.34. The summed E-state index contributed by atoms with van der Waals surface area (Å²) in [5.41, 5.74) is 1.29. The van der Waals surface area contributed by atoms with Gasteiger partial charge in [0.05, 0.1) is 6.61 Å². The summed E-state index contributed by atoms with van der Waals surface area (Å²) in [4.78, 5) is 10.8. The summed E-state index contributed by atoms with van der Waals surface area (Å²) >= 11 is 0. The number of carbonyl (C=O) groups is 1. The van der Waals surface area contributed by atoms with Gasteiger partial charge >= 0.3 is 0 Å². The number of hydrogen-bond acceptors (Lipinski definition) is 2. The van der Waals surface area contributed by atoms with Gasteiger partial charge in [0.2, 0.25) is 0 Å². The van der Waals surface area contributed by atoms with E-state index >= 15 is 0 Å². The van der Waals surface area contributed by atoms with Crippen LogP contribution < -0.4 is 4.74 Å². The van der Waals surface area contributed by atoms with Crippen molar-refractivity contribution in [1.82, 2.24) is 0 Å². The van der Waals surface area contributed by atoms with E-state index in [-0.39, 0.29) is 5.78 Å². The Morgan fingerprint density at radius 2 is 2.12 bits per heavy atom. The molecule has 0 aliphatic carbocycles. The maximum absolute atomic E-state index is 10.8. The normalized spacial score (nSPS) is 10.1. The third-order valence-electron chi connectivity index (χ3n) is 2.45. The topological polar surface area (TPSA) is 26.3 Å². The molecule has 2 nitrogen and oxygen atoms in total. The molecule has 1 aromatic rings. The Morgan fingerprint density at radius 1 is 1.31 bits per heavy atom. The molecule has 0 saturated carbocycles. The highest BCUT2D eigenvalue weighted by molar-refractivity contribution is 5.75. The van der Waals surface area contributed by atoms with Crippen molar-refractivity contribution in [2.45, 2.75) is 39.5 Å². The van der Waals surface area contributed by atoms with Crippen LogP contribution in [0.1, 0.15) is 38.7 Å². The van der Waals surface area contributed by atoms with Crippen LogP contribution in [0, 0.1) is 0 Å². The number of Topliss-reactive ketones (excluding diaryl/α,β-unsaturated/α-hetero) is 1. The van der Waals surface area contributed by atoms with Gasteiger partial charge in [-0.1, -0.05) is 12.1 Å². The van der Waals surface area contributed by atoms with Crippen LogP contribution in [-0.2, 0) is 11.2 Å². The Labute approximate surface area is 97.6 Å². The maximum Gasteiger partial charge on any atom is 0.129 e. The second kappa shape index (κ2) is 7.04. The van der Waals surface area contributed by atoms with Gasteiger partial charge in [0.15, 0.2) is 0 Å². The molecule has 0 atom stereocenters. The fraction of sp³-hybridized carbons (Fsp3) is 0.500. The lowest BCUT2D eigenvalue weighted by atomic mass is 10.1. The average Bonchev–Trinajstić information content (AvgIpc) is 2.25. The number of carbonyl (C=O) groups excluding carboxylic acids is 1. The molecule has 16 heavy (non-hydrogen) atoms. The van der Waals surface area contributed by atoms with E-state index in [0.717, 1.165) is 25.0 Å². The minimum absolute atomic E-state index is 0.281. The van der Waals surface area contributed by atoms with Crippen molar-refractivity contribution in [3.63, 3.8) is 0 Å². The molecule has 0 spiro atoms. The SMILES string of the molecule is CCOc1cccc(CCCCC(C)=O)c1. The summed E-state index contributed by atoms with van der Waals surface area (Å²) < 4.78 is 5.44. The number of ether oxygens (including phenoxy) is 1. The molecule has 2 heteroatoms. The first-order valence-corrected chi connectivity index (χ1v) is 5.93. The Balaban J connectivity index is 2.35. The fourth-order valence-electron chi connectivity index (χ4n) is 1.66. The van der Waals surface area contributed by atoms with Gasteiger partial charge in [-0.15, -0.1) is 0 Å². The van der Waals surface area contributed by atoms with E-state index in [1.807, 2.05) is 19.1 Å². The average molecular weight is 220 g/mol. The minimum atomic E-state index is 0.281.